The Morgan fingerprint density at radius 1 is 1.16 bits per heavy atom. The Kier molecular flexibility index (Phi) is 3.86. The lowest BCUT2D eigenvalue weighted by Crippen LogP contribution is -2.22. The molecule has 0 aliphatic carbocycles. The molecule has 0 aliphatic heterocycles. The zero-order valence-corrected chi connectivity index (χ0v) is 14.6. The molecule has 4 rings (SSSR count). The first-order valence-electron chi connectivity index (χ1n) is 8.04. The quantitative estimate of drug-likeness (QED) is 0.581. The second-order valence-electron chi connectivity index (χ2n) is 6.00. The van der Waals surface area contributed by atoms with E-state index < -0.39 is 0 Å². The number of benzene rings is 2. The van der Waals surface area contributed by atoms with E-state index in [2.05, 4.69) is 5.32 Å². The van der Waals surface area contributed by atoms with Crippen molar-refractivity contribution in [2.45, 2.75) is 13.5 Å². The molecule has 4 nitrogen and oxygen atoms in total. The van der Waals surface area contributed by atoms with Crippen LogP contribution in [0.25, 0.3) is 21.1 Å². The van der Waals surface area contributed by atoms with Gasteiger partial charge in [0.25, 0.3) is 5.91 Å². The highest BCUT2D eigenvalue weighted by molar-refractivity contribution is 7.21. The maximum atomic E-state index is 12.6. The molecule has 0 spiro atoms. The number of aryl methyl sites for hydroxylation is 1. The first-order chi connectivity index (χ1) is 12.1. The summed E-state index contributed by atoms with van der Waals surface area (Å²) in [6.07, 6.45) is 0. The van der Waals surface area contributed by atoms with Crippen LogP contribution in [-0.4, -0.2) is 10.9 Å². The highest BCUT2D eigenvalue weighted by Gasteiger charge is 2.18. The molecule has 1 amide bonds. The van der Waals surface area contributed by atoms with E-state index in [9.17, 15) is 4.79 Å². The smallest absolute Gasteiger partial charge is 0.263 e. The van der Waals surface area contributed by atoms with Gasteiger partial charge in [-0.2, -0.15) is 0 Å². The van der Waals surface area contributed by atoms with Crippen LogP contribution in [0.2, 0.25) is 0 Å². The van der Waals surface area contributed by atoms with Crippen molar-refractivity contribution in [2.75, 3.05) is 5.73 Å². The molecule has 124 valence electrons. The molecule has 5 heteroatoms. The maximum Gasteiger partial charge on any atom is 0.263 e. The Hall–Kier alpha value is -2.92. The second-order valence-corrected chi connectivity index (χ2v) is 7.00. The largest absolute Gasteiger partial charge is 0.397 e. The fourth-order valence-electron chi connectivity index (χ4n) is 2.90. The van der Waals surface area contributed by atoms with Crippen molar-refractivity contribution in [3.05, 3.63) is 70.6 Å². The predicted octanol–water partition coefficient (Wildman–Crippen LogP) is 4.27. The summed E-state index contributed by atoms with van der Waals surface area (Å²) in [6.45, 7) is 2.51. The number of hydrogen-bond acceptors (Lipinski definition) is 4. The summed E-state index contributed by atoms with van der Waals surface area (Å²) in [5.74, 6) is -0.162. The molecule has 0 bridgehead atoms. The van der Waals surface area contributed by atoms with Gasteiger partial charge in [0, 0.05) is 17.3 Å². The minimum absolute atomic E-state index is 0.162. The van der Waals surface area contributed by atoms with Crippen LogP contribution in [0.1, 0.15) is 20.8 Å². The lowest BCUT2D eigenvalue weighted by atomic mass is 10.1. The number of pyridine rings is 1. The van der Waals surface area contributed by atoms with Crippen molar-refractivity contribution in [3.63, 3.8) is 0 Å². The Bertz CT molecular complexity index is 1090. The summed E-state index contributed by atoms with van der Waals surface area (Å²) in [5.41, 5.74) is 9.86. The number of carbonyl (C=O) groups excluding carboxylic acids is 1. The molecule has 0 saturated heterocycles. The third-order valence-electron chi connectivity index (χ3n) is 4.25. The zero-order chi connectivity index (χ0) is 17.4. The molecular formula is C20H17N3OS. The van der Waals surface area contributed by atoms with E-state index in [1.165, 1.54) is 11.3 Å². The number of nitrogens with two attached hydrogens (primary N) is 1. The molecule has 0 fully saturated rings. The Morgan fingerprint density at radius 3 is 2.76 bits per heavy atom. The third-order valence-corrected chi connectivity index (χ3v) is 5.36. The number of rotatable bonds is 3. The van der Waals surface area contributed by atoms with Crippen LogP contribution in [0.15, 0.2) is 54.6 Å². The van der Waals surface area contributed by atoms with Crippen LogP contribution in [-0.2, 0) is 6.54 Å². The molecule has 2 aromatic carbocycles. The van der Waals surface area contributed by atoms with Crippen LogP contribution >= 0.6 is 11.3 Å². The van der Waals surface area contributed by atoms with E-state index in [1.807, 2.05) is 61.5 Å². The van der Waals surface area contributed by atoms with E-state index in [4.69, 9.17) is 10.7 Å². The van der Waals surface area contributed by atoms with Gasteiger partial charge in [-0.1, -0.05) is 48.5 Å². The number of anilines is 1. The molecule has 25 heavy (non-hydrogen) atoms. The van der Waals surface area contributed by atoms with E-state index in [-0.39, 0.29) is 5.91 Å². The first kappa shape index (κ1) is 15.6. The van der Waals surface area contributed by atoms with Gasteiger partial charge >= 0.3 is 0 Å². The van der Waals surface area contributed by atoms with E-state index in [0.29, 0.717) is 17.1 Å². The number of amides is 1. The van der Waals surface area contributed by atoms with Crippen LogP contribution < -0.4 is 11.1 Å². The molecule has 0 unspecified atom stereocenters. The van der Waals surface area contributed by atoms with Crippen LogP contribution in [0.5, 0.6) is 0 Å². The Balaban J connectivity index is 1.69. The van der Waals surface area contributed by atoms with Crippen LogP contribution in [0, 0.1) is 6.92 Å². The highest BCUT2D eigenvalue weighted by Crippen LogP contribution is 2.35. The highest BCUT2D eigenvalue weighted by atomic mass is 32.1. The lowest BCUT2D eigenvalue weighted by Gasteiger charge is -2.04. The molecule has 0 aliphatic rings. The number of nitrogens with zero attached hydrogens (tertiary/aromatic N) is 1. The predicted molar refractivity (Wildman–Crippen MR) is 104 cm³/mol. The number of nitrogen functional groups attached to an aromatic ring is 1. The monoisotopic (exact) mass is 347 g/mol. The van der Waals surface area contributed by atoms with Crippen LogP contribution in [0.3, 0.4) is 0 Å². The van der Waals surface area contributed by atoms with Gasteiger partial charge in [0.2, 0.25) is 0 Å². The molecule has 4 aromatic rings. The molecule has 0 atom stereocenters. The third kappa shape index (κ3) is 2.83. The summed E-state index contributed by atoms with van der Waals surface area (Å²) in [4.78, 5) is 18.6. The minimum atomic E-state index is -0.162. The standard InChI is InChI=1S/C20H17N3OS/c1-12-6-5-9-14-10-15-16(21)18(25-20(15)23-17(12)14)19(24)22-11-13-7-3-2-4-8-13/h2-10H,11,21H2,1H3,(H,22,24). The summed E-state index contributed by atoms with van der Waals surface area (Å²) < 4.78 is 0. The van der Waals surface area contributed by atoms with Gasteiger partial charge in [-0.3, -0.25) is 4.79 Å². The van der Waals surface area contributed by atoms with Crippen molar-refractivity contribution < 1.29 is 4.79 Å². The van der Waals surface area contributed by atoms with E-state index >= 15 is 0 Å². The number of carbonyl (C=O) groups is 1. The van der Waals surface area contributed by atoms with Crippen molar-refractivity contribution in [1.82, 2.24) is 10.3 Å². The number of thiophene rings is 1. The molecule has 0 radical (unpaired) electrons. The van der Waals surface area contributed by atoms with Crippen molar-refractivity contribution in [2.24, 2.45) is 0 Å². The van der Waals surface area contributed by atoms with Gasteiger partial charge in [-0.15, -0.1) is 11.3 Å². The van der Waals surface area contributed by atoms with Gasteiger partial charge in [0.1, 0.15) is 9.71 Å². The fraction of sp³-hybridized carbons (Fsp3) is 0.100. The number of nitrogens with one attached hydrogen (secondary N) is 1. The maximum absolute atomic E-state index is 12.6. The van der Waals surface area contributed by atoms with Gasteiger partial charge < -0.3 is 11.1 Å². The summed E-state index contributed by atoms with van der Waals surface area (Å²) in [6, 6.07) is 17.9. The summed E-state index contributed by atoms with van der Waals surface area (Å²) in [5, 5.41) is 4.81. The molecule has 0 saturated carbocycles. The van der Waals surface area contributed by atoms with Crippen molar-refractivity contribution in [1.29, 1.82) is 0 Å². The normalized spacial score (nSPS) is 11.1. The second kappa shape index (κ2) is 6.18. The average Bonchev–Trinajstić information content (AvgIpc) is 2.96. The molecular weight excluding hydrogens is 330 g/mol. The Morgan fingerprint density at radius 2 is 1.96 bits per heavy atom. The molecule has 3 N–H and O–H groups in total. The van der Waals surface area contributed by atoms with Crippen LogP contribution in [0.4, 0.5) is 5.69 Å². The number of hydrogen-bond donors (Lipinski definition) is 2. The number of fused-ring (bicyclic) bond motifs is 2. The molecule has 2 heterocycles. The SMILES string of the molecule is Cc1cccc2cc3c(N)c(C(=O)NCc4ccccc4)sc3nc12. The molecule has 2 aromatic heterocycles. The summed E-state index contributed by atoms with van der Waals surface area (Å²) in [7, 11) is 0. The summed E-state index contributed by atoms with van der Waals surface area (Å²) >= 11 is 1.34. The Labute approximate surface area is 149 Å². The topological polar surface area (TPSA) is 68.0 Å². The van der Waals surface area contributed by atoms with Gasteiger partial charge in [-0.05, 0) is 24.1 Å². The van der Waals surface area contributed by atoms with E-state index in [1.54, 1.807) is 0 Å². The fourth-order valence-corrected chi connectivity index (χ4v) is 3.90. The van der Waals surface area contributed by atoms with Gasteiger partial charge in [-0.25, -0.2) is 4.98 Å². The minimum Gasteiger partial charge on any atom is -0.397 e. The van der Waals surface area contributed by atoms with Crippen molar-refractivity contribution >= 4 is 44.1 Å². The van der Waals surface area contributed by atoms with E-state index in [0.717, 1.165) is 32.2 Å². The number of para-hydroxylation sites is 1. The lowest BCUT2D eigenvalue weighted by molar-refractivity contribution is 0.0956. The average molecular weight is 347 g/mol. The zero-order valence-electron chi connectivity index (χ0n) is 13.7. The van der Waals surface area contributed by atoms with Gasteiger partial charge in [0.15, 0.2) is 0 Å². The van der Waals surface area contributed by atoms with Gasteiger partial charge in [0.05, 0.1) is 11.2 Å². The first-order valence-corrected chi connectivity index (χ1v) is 8.85. The number of aromatic nitrogens is 1. The van der Waals surface area contributed by atoms with Crippen molar-refractivity contribution in [3.8, 4) is 0 Å².